The standard InChI is InChI=1S/C16H22N4OS2.HI/c1-13-20-14(12-22-13)8-9-18-16(17-2)19-10-11-23(21)15-6-4-3-5-7-15;/h3-7,12H,8-11H2,1-2H3,(H2,17,18,19);1H. The summed E-state index contributed by atoms with van der Waals surface area (Å²) in [7, 11) is 0.744. The summed E-state index contributed by atoms with van der Waals surface area (Å²) in [6.07, 6.45) is 0.862. The van der Waals surface area contributed by atoms with Crippen LogP contribution >= 0.6 is 35.3 Å². The summed E-state index contributed by atoms with van der Waals surface area (Å²) >= 11 is 1.67. The zero-order chi connectivity index (χ0) is 16.5. The second-order valence-electron chi connectivity index (χ2n) is 4.90. The molecule has 1 unspecified atom stereocenters. The number of aryl methyl sites for hydroxylation is 1. The lowest BCUT2D eigenvalue weighted by Gasteiger charge is -2.11. The molecule has 2 aromatic rings. The molecule has 8 heteroatoms. The van der Waals surface area contributed by atoms with E-state index in [4.69, 9.17) is 0 Å². The summed E-state index contributed by atoms with van der Waals surface area (Å²) in [6, 6.07) is 9.51. The maximum atomic E-state index is 12.1. The van der Waals surface area contributed by atoms with E-state index in [1.54, 1.807) is 18.4 Å². The van der Waals surface area contributed by atoms with E-state index in [-0.39, 0.29) is 24.0 Å². The first kappa shape index (κ1) is 21.0. The van der Waals surface area contributed by atoms with Gasteiger partial charge in [0.15, 0.2) is 5.96 Å². The minimum atomic E-state index is -0.988. The molecular weight excluding hydrogens is 455 g/mol. The normalized spacial score (nSPS) is 12.3. The van der Waals surface area contributed by atoms with Crippen molar-refractivity contribution >= 4 is 52.1 Å². The maximum absolute atomic E-state index is 12.1. The zero-order valence-electron chi connectivity index (χ0n) is 13.8. The number of benzene rings is 1. The van der Waals surface area contributed by atoms with Crippen LogP contribution in [-0.4, -0.2) is 41.0 Å². The van der Waals surface area contributed by atoms with Gasteiger partial charge in [0.1, 0.15) is 0 Å². The van der Waals surface area contributed by atoms with Gasteiger partial charge in [-0.25, -0.2) is 4.98 Å². The summed E-state index contributed by atoms with van der Waals surface area (Å²) in [5.74, 6) is 1.28. The molecular formula is C16H23IN4OS2. The highest BCUT2D eigenvalue weighted by atomic mass is 127. The van der Waals surface area contributed by atoms with Gasteiger partial charge in [0, 0.05) is 42.6 Å². The van der Waals surface area contributed by atoms with Crippen molar-refractivity contribution in [2.45, 2.75) is 18.2 Å². The van der Waals surface area contributed by atoms with Gasteiger partial charge < -0.3 is 10.6 Å². The van der Waals surface area contributed by atoms with Crippen LogP contribution in [0.15, 0.2) is 45.6 Å². The van der Waals surface area contributed by atoms with E-state index in [9.17, 15) is 4.21 Å². The first-order valence-corrected chi connectivity index (χ1v) is 9.68. The summed E-state index contributed by atoms with van der Waals surface area (Å²) in [6.45, 7) is 3.39. The SMILES string of the molecule is CN=C(NCCc1csc(C)n1)NCCS(=O)c1ccccc1.I. The molecule has 132 valence electrons. The molecule has 2 N–H and O–H groups in total. The number of hydrogen-bond acceptors (Lipinski definition) is 4. The minimum Gasteiger partial charge on any atom is -0.356 e. The van der Waals surface area contributed by atoms with Crippen molar-refractivity contribution in [3.63, 3.8) is 0 Å². The Bertz CT molecular complexity index is 661. The Balaban J connectivity index is 0.00000288. The largest absolute Gasteiger partial charge is 0.356 e. The van der Waals surface area contributed by atoms with Gasteiger partial charge in [0.25, 0.3) is 0 Å². The third kappa shape index (κ3) is 7.27. The molecule has 1 aromatic carbocycles. The van der Waals surface area contributed by atoms with Crippen LogP contribution in [0.2, 0.25) is 0 Å². The summed E-state index contributed by atoms with van der Waals surface area (Å²) in [5, 5.41) is 9.60. The molecule has 2 rings (SSSR count). The average molecular weight is 478 g/mol. The molecule has 24 heavy (non-hydrogen) atoms. The molecule has 5 nitrogen and oxygen atoms in total. The molecule has 1 heterocycles. The fourth-order valence-corrected chi connectivity index (χ4v) is 3.64. The highest BCUT2D eigenvalue weighted by Gasteiger charge is 2.04. The van der Waals surface area contributed by atoms with E-state index < -0.39 is 10.8 Å². The van der Waals surface area contributed by atoms with E-state index in [1.165, 1.54) is 0 Å². The Hall–Kier alpha value is -1.000. The van der Waals surface area contributed by atoms with Crippen molar-refractivity contribution < 1.29 is 4.21 Å². The number of guanidine groups is 1. The molecule has 0 amide bonds. The van der Waals surface area contributed by atoms with Gasteiger partial charge in [-0.05, 0) is 19.1 Å². The number of nitrogens with zero attached hydrogens (tertiary/aromatic N) is 2. The highest BCUT2D eigenvalue weighted by Crippen LogP contribution is 2.07. The van der Waals surface area contributed by atoms with Crippen molar-refractivity contribution in [3.05, 3.63) is 46.4 Å². The van der Waals surface area contributed by atoms with Crippen LogP contribution in [0.25, 0.3) is 0 Å². The third-order valence-electron chi connectivity index (χ3n) is 3.15. The molecule has 0 saturated carbocycles. The van der Waals surface area contributed by atoms with Gasteiger partial charge in [0.05, 0.1) is 21.5 Å². The molecule has 0 spiro atoms. The van der Waals surface area contributed by atoms with E-state index in [1.807, 2.05) is 37.3 Å². The van der Waals surface area contributed by atoms with Crippen molar-refractivity contribution in [1.82, 2.24) is 15.6 Å². The average Bonchev–Trinajstić information content (AvgIpc) is 2.99. The van der Waals surface area contributed by atoms with Gasteiger partial charge in [0.2, 0.25) is 0 Å². The number of thiazole rings is 1. The molecule has 0 bridgehead atoms. The Morgan fingerprint density at radius 1 is 1.25 bits per heavy atom. The van der Waals surface area contributed by atoms with Crippen molar-refractivity contribution in [1.29, 1.82) is 0 Å². The number of halogens is 1. The van der Waals surface area contributed by atoms with Crippen molar-refractivity contribution in [3.8, 4) is 0 Å². The van der Waals surface area contributed by atoms with Crippen LogP contribution in [0, 0.1) is 6.92 Å². The quantitative estimate of drug-likeness (QED) is 0.365. The number of aliphatic imine (C=N–C) groups is 1. The molecule has 0 radical (unpaired) electrons. The fraction of sp³-hybridized carbons (Fsp3) is 0.375. The van der Waals surface area contributed by atoms with Crippen molar-refractivity contribution in [2.75, 3.05) is 25.9 Å². The smallest absolute Gasteiger partial charge is 0.191 e. The molecule has 0 aliphatic rings. The van der Waals surface area contributed by atoms with Gasteiger partial charge in [-0.15, -0.1) is 35.3 Å². The molecule has 1 aromatic heterocycles. The van der Waals surface area contributed by atoms with Crippen LogP contribution in [0.5, 0.6) is 0 Å². The zero-order valence-corrected chi connectivity index (χ0v) is 17.8. The number of nitrogens with one attached hydrogen (secondary N) is 2. The minimum absolute atomic E-state index is 0. The Morgan fingerprint density at radius 2 is 1.96 bits per heavy atom. The van der Waals surface area contributed by atoms with Gasteiger partial charge in [-0.3, -0.25) is 9.20 Å². The van der Waals surface area contributed by atoms with Crippen LogP contribution in [0.4, 0.5) is 0 Å². The predicted octanol–water partition coefficient (Wildman–Crippen LogP) is 2.58. The Labute approximate surface area is 166 Å². The monoisotopic (exact) mass is 478 g/mol. The van der Waals surface area contributed by atoms with Crippen LogP contribution in [-0.2, 0) is 17.2 Å². The third-order valence-corrected chi connectivity index (χ3v) is 5.34. The summed E-state index contributed by atoms with van der Waals surface area (Å²) < 4.78 is 12.1. The Morgan fingerprint density at radius 3 is 2.58 bits per heavy atom. The molecule has 0 aliphatic heterocycles. The summed E-state index contributed by atoms with van der Waals surface area (Å²) in [5.41, 5.74) is 1.10. The number of rotatable bonds is 7. The Kier molecular flexibility index (Phi) is 10.1. The predicted molar refractivity (Wildman–Crippen MR) is 113 cm³/mol. The number of aromatic nitrogens is 1. The molecule has 0 saturated heterocycles. The van der Waals surface area contributed by atoms with E-state index in [0.29, 0.717) is 12.3 Å². The van der Waals surface area contributed by atoms with E-state index in [2.05, 4.69) is 26.0 Å². The summed E-state index contributed by atoms with van der Waals surface area (Å²) in [4.78, 5) is 9.46. The maximum Gasteiger partial charge on any atom is 0.191 e. The van der Waals surface area contributed by atoms with Crippen LogP contribution in [0.3, 0.4) is 0 Å². The molecule has 0 fully saturated rings. The second-order valence-corrected chi connectivity index (χ2v) is 7.53. The van der Waals surface area contributed by atoms with Gasteiger partial charge >= 0.3 is 0 Å². The first-order valence-electron chi connectivity index (χ1n) is 7.48. The fourth-order valence-electron chi connectivity index (χ4n) is 2.00. The van der Waals surface area contributed by atoms with Crippen molar-refractivity contribution in [2.24, 2.45) is 4.99 Å². The van der Waals surface area contributed by atoms with E-state index >= 15 is 0 Å². The second kappa shape index (κ2) is 11.5. The first-order chi connectivity index (χ1) is 11.2. The molecule has 0 aliphatic carbocycles. The lowest BCUT2D eigenvalue weighted by atomic mass is 10.3. The van der Waals surface area contributed by atoms with Gasteiger partial charge in [-0.2, -0.15) is 0 Å². The topological polar surface area (TPSA) is 66.4 Å². The lowest BCUT2D eigenvalue weighted by Crippen LogP contribution is -2.40. The number of hydrogen-bond donors (Lipinski definition) is 2. The highest BCUT2D eigenvalue weighted by molar-refractivity contribution is 14.0. The molecule has 1 atom stereocenters. The lowest BCUT2D eigenvalue weighted by molar-refractivity contribution is 0.681. The van der Waals surface area contributed by atoms with Gasteiger partial charge in [-0.1, -0.05) is 18.2 Å². The van der Waals surface area contributed by atoms with Crippen LogP contribution in [0.1, 0.15) is 10.7 Å². The van der Waals surface area contributed by atoms with Crippen LogP contribution < -0.4 is 10.6 Å². The van der Waals surface area contributed by atoms with E-state index in [0.717, 1.165) is 34.5 Å².